The Balaban J connectivity index is 1.81. The normalized spacial score (nSPS) is 14.1. The van der Waals surface area contributed by atoms with Gasteiger partial charge in [-0.2, -0.15) is 0 Å². The highest BCUT2D eigenvalue weighted by Gasteiger charge is 2.54. The van der Waals surface area contributed by atoms with Crippen LogP contribution in [0.1, 0.15) is 16.7 Å². The third-order valence-electron chi connectivity index (χ3n) is 6.71. The van der Waals surface area contributed by atoms with E-state index in [-0.39, 0.29) is 0 Å². The molecule has 34 heavy (non-hydrogen) atoms. The molecule has 0 aliphatic carbocycles. The van der Waals surface area contributed by atoms with Crippen LogP contribution in [-0.4, -0.2) is 0 Å². The van der Waals surface area contributed by atoms with Gasteiger partial charge in [-0.15, -0.1) is 0 Å². The molecule has 0 N–H and O–H groups in total. The van der Waals surface area contributed by atoms with Crippen LogP contribution in [0.15, 0.2) is 140 Å². The molecular formula is C32H26N2. The molecule has 0 bridgehead atoms. The van der Waals surface area contributed by atoms with E-state index in [1.807, 2.05) is 0 Å². The van der Waals surface area contributed by atoms with E-state index >= 15 is 0 Å². The Hall–Kier alpha value is -4.30. The molecule has 1 heterocycles. The molecule has 5 aromatic carbocycles. The molecule has 5 aromatic rings. The second-order valence-corrected chi connectivity index (χ2v) is 8.69. The van der Waals surface area contributed by atoms with Crippen LogP contribution in [0.5, 0.6) is 0 Å². The van der Waals surface area contributed by atoms with Crippen molar-refractivity contribution in [3.63, 3.8) is 0 Å². The summed E-state index contributed by atoms with van der Waals surface area (Å²) in [6, 6.07) is 49.9. The number of nitrogens with zero attached hydrogens (tertiary/aromatic N) is 2. The molecule has 0 radical (unpaired) electrons. The maximum Gasteiger partial charge on any atom is 0.175 e. The zero-order chi connectivity index (χ0) is 23.0. The van der Waals surface area contributed by atoms with Crippen molar-refractivity contribution in [3.8, 4) is 0 Å². The number of hydrogen-bond donors (Lipinski definition) is 0. The highest BCUT2D eigenvalue weighted by molar-refractivity contribution is 5.94. The first-order valence-corrected chi connectivity index (χ1v) is 11.7. The van der Waals surface area contributed by atoms with E-state index in [9.17, 15) is 0 Å². The first-order chi connectivity index (χ1) is 16.8. The number of fused-ring (bicyclic) bond motifs is 1. The molecular weight excluding hydrogens is 412 g/mol. The van der Waals surface area contributed by atoms with Crippen molar-refractivity contribution >= 4 is 22.7 Å². The molecule has 0 spiro atoms. The summed E-state index contributed by atoms with van der Waals surface area (Å²) in [5, 5.41) is 0. The van der Waals surface area contributed by atoms with Gasteiger partial charge >= 0.3 is 0 Å². The lowest BCUT2D eigenvalue weighted by atomic mass is 9.87. The zero-order valence-electron chi connectivity index (χ0n) is 19.2. The van der Waals surface area contributed by atoms with E-state index < -0.39 is 5.66 Å². The fourth-order valence-electron chi connectivity index (χ4n) is 5.37. The van der Waals surface area contributed by atoms with E-state index in [4.69, 9.17) is 0 Å². The van der Waals surface area contributed by atoms with Crippen molar-refractivity contribution in [2.45, 2.75) is 12.6 Å². The average molecular weight is 439 g/mol. The lowest BCUT2D eigenvalue weighted by molar-refractivity contribution is 0.559. The van der Waals surface area contributed by atoms with Gasteiger partial charge in [-0.1, -0.05) is 109 Å². The Morgan fingerprint density at radius 3 is 1.38 bits per heavy atom. The summed E-state index contributed by atoms with van der Waals surface area (Å²) >= 11 is 0. The largest absolute Gasteiger partial charge is 0.308 e. The van der Waals surface area contributed by atoms with E-state index in [0.29, 0.717) is 0 Å². The summed E-state index contributed by atoms with van der Waals surface area (Å²) in [4.78, 5) is 5.03. The molecule has 1 aliphatic heterocycles. The van der Waals surface area contributed by atoms with Gasteiger partial charge in [-0.05, 0) is 42.8 Å². The van der Waals surface area contributed by atoms with E-state index in [1.54, 1.807) is 0 Å². The fourth-order valence-corrected chi connectivity index (χ4v) is 5.37. The highest BCUT2D eigenvalue weighted by atomic mass is 15.5. The Kier molecular flexibility index (Phi) is 4.92. The smallest absolute Gasteiger partial charge is 0.175 e. The Bertz CT molecular complexity index is 1360. The van der Waals surface area contributed by atoms with Crippen LogP contribution in [0.2, 0.25) is 0 Å². The quantitative estimate of drug-likeness (QED) is 0.279. The maximum atomic E-state index is 2.52. The molecule has 0 saturated heterocycles. The summed E-state index contributed by atoms with van der Waals surface area (Å²) in [5.41, 5.74) is 7.79. The Morgan fingerprint density at radius 1 is 0.441 bits per heavy atom. The topological polar surface area (TPSA) is 6.48 Å². The second kappa shape index (κ2) is 8.24. The molecule has 0 amide bonds. The summed E-state index contributed by atoms with van der Waals surface area (Å²) in [6.45, 7) is 2.21. The molecule has 1 aliphatic rings. The van der Waals surface area contributed by atoms with Crippen LogP contribution >= 0.6 is 0 Å². The number of anilines is 4. The molecule has 0 unspecified atom stereocenters. The summed E-state index contributed by atoms with van der Waals surface area (Å²) in [7, 11) is 0. The van der Waals surface area contributed by atoms with Gasteiger partial charge in [-0.3, -0.25) is 0 Å². The predicted octanol–water partition coefficient (Wildman–Crippen LogP) is 8.19. The number of rotatable bonds is 4. The highest BCUT2D eigenvalue weighted by Crippen LogP contribution is 2.60. The minimum absolute atomic E-state index is 0.611. The Morgan fingerprint density at radius 2 is 0.882 bits per heavy atom. The molecule has 2 heteroatoms. The molecule has 6 rings (SSSR count). The van der Waals surface area contributed by atoms with Gasteiger partial charge in [0.05, 0.1) is 11.4 Å². The van der Waals surface area contributed by atoms with Gasteiger partial charge in [0.25, 0.3) is 0 Å². The monoisotopic (exact) mass is 438 g/mol. The van der Waals surface area contributed by atoms with Gasteiger partial charge in [0, 0.05) is 22.5 Å². The average Bonchev–Trinajstić information content (AvgIpc) is 3.24. The van der Waals surface area contributed by atoms with Crippen LogP contribution in [0.4, 0.5) is 22.7 Å². The van der Waals surface area contributed by atoms with Crippen molar-refractivity contribution in [3.05, 3.63) is 156 Å². The minimum atomic E-state index is -0.611. The van der Waals surface area contributed by atoms with Crippen LogP contribution in [0.25, 0.3) is 0 Å². The van der Waals surface area contributed by atoms with Crippen molar-refractivity contribution < 1.29 is 0 Å². The summed E-state index contributed by atoms with van der Waals surface area (Å²) < 4.78 is 0. The number of para-hydroxylation sites is 3. The van der Waals surface area contributed by atoms with Crippen molar-refractivity contribution in [2.75, 3.05) is 9.80 Å². The van der Waals surface area contributed by atoms with Crippen LogP contribution in [0, 0.1) is 6.92 Å². The second-order valence-electron chi connectivity index (χ2n) is 8.69. The van der Waals surface area contributed by atoms with Crippen molar-refractivity contribution in [1.29, 1.82) is 0 Å². The fraction of sp³-hybridized carbons (Fsp3) is 0.0625. The van der Waals surface area contributed by atoms with Crippen LogP contribution < -0.4 is 9.80 Å². The van der Waals surface area contributed by atoms with Gasteiger partial charge in [0.15, 0.2) is 5.66 Å². The molecule has 0 fully saturated rings. The zero-order valence-corrected chi connectivity index (χ0v) is 19.2. The Labute approximate surface area is 201 Å². The molecule has 0 saturated carbocycles. The number of hydrogen-bond acceptors (Lipinski definition) is 2. The molecule has 0 aromatic heterocycles. The summed E-state index contributed by atoms with van der Waals surface area (Å²) in [6.07, 6.45) is 0. The van der Waals surface area contributed by atoms with E-state index in [0.717, 1.165) is 11.4 Å². The van der Waals surface area contributed by atoms with Crippen molar-refractivity contribution in [2.24, 2.45) is 0 Å². The molecule has 2 nitrogen and oxygen atoms in total. The molecule has 164 valence electrons. The third kappa shape index (κ3) is 2.96. The van der Waals surface area contributed by atoms with Crippen molar-refractivity contribution in [1.82, 2.24) is 0 Å². The standard InChI is InChI=1S/C32H26N2/c1-25-15-14-24-30-31(25)34(29-22-12-5-13-23-29)32(26-16-6-2-7-17-26,27-18-8-3-9-19-27)33(30)28-20-10-4-11-21-28/h2-24H,1H3. The first-order valence-electron chi connectivity index (χ1n) is 11.7. The predicted molar refractivity (Wildman–Crippen MR) is 142 cm³/mol. The lowest BCUT2D eigenvalue weighted by Crippen LogP contribution is -2.51. The van der Waals surface area contributed by atoms with E-state index in [2.05, 4.69) is 156 Å². The van der Waals surface area contributed by atoms with Gasteiger partial charge < -0.3 is 9.80 Å². The minimum Gasteiger partial charge on any atom is -0.308 e. The third-order valence-corrected chi connectivity index (χ3v) is 6.71. The van der Waals surface area contributed by atoms with Gasteiger partial charge in [0.2, 0.25) is 0 Å². The lowest BCUT2D eigenvalue weighted by Gasteiger charge is -2.47. The number of aryl methyl sites for hydroxylation is 1. The van der Waals surface area contributed by atoms with E-state index in [1.165, 1.54) is 28.1 Å². The summed E-state index contributed by atoms with van der Waals surface area (Å²) in [5.74, 6) is 0. The van der Waals surface area contributed by atoms with Crippen LogP contribution in [-0.2, 0) is 5.66 Å². The number of benzene rings is 5. The van der Waals surface area contributed by atoms with Gasteiger partial charge in [0.1, 0.15) is 0 Å². The molecule has 0 atom stereocenters. The van der Waals surface area contributed by atoms with Crippen LogP contribution in [0.3, 0.4) is 0 Å². The maximum absolute atomic E-state index is 2.52. The first kappa shape index (κ1) is 20.3. The SMILES string of the molecule is Cc1cccc2c1N(c1ccccc1)C(c1ccccc1)(c1ccccc1)N2c1ccccc1. The van der Waals surface area contributed by atoms with Gasteiger partial charge in [-0.25, -0.2) is 0 Å².